The molecule has 2 aromatic heterocycles. The molecule has 0 bridgehead atoms. The average Bonchev–Trinajstić information content (AvgIpc) is 2.93. The van der Waals surface area contributed by atoms with Crippen LogP contribution < -0.4 is 10.1 Å². The van der Waals surface area contributed by atoms with Gasteiger partial charge in [-0.15, -0.1) is 24.8 Å². The summed E-state index contributed by atoms with van der Waals surface area (Å²) < 4.78 is 5.81. The number of aliphatic hydroxyl groups is 2. The molecule has 28 heavy (non-hydrogen) atoms. The van der Waals surface area contributed by atoms with Crippen LogP contribution in [0.3, 0.4) is 0 Å². The van der Waals surface area contributed by atoms with Gasteiger partial charge in [0.1, 0.15) is 0 Å². The van der Waals surface area contributed by atoms with Crippen molar-refractivity contribution in [2.24, 2.45) is 5.41 Å². The van der Waals surface area contributed by atoms with Crippen molar-refractivity contribution < 1.29 is 19.7 Å². The van der Waals surface area contributed by atoms with E-state index in [2.05, 4.69) is 15.3 Å². The monoisotopic (exact) mass is 429 g/mol. The molecule has 0 spiro atoms. The summed E-state index contributed by atoms with van der Waals surface area (Å²) in [5.74, 6) is 0.237. The lowest BCUT2D eigenvalue weighted by molar-refractivity contribution is 0.0438. The largest absolute Gasteiger partial charge is 0.477 e. The van der Waals surface area contributed by atoms with Gasteiger partial charge >= 0.3 is 0 Å². The van der Waals surface area contributed by atoms with Gasteiger partial charge in [-0.25, -0.2) is 4.98 Å². The highest BCUT2D eigenvalue weighted by molar-refractivity contribution is 5.93. The van der Waals surface area contributed by atoms with E-state index in [0.29, 0.717) is 24.3 Å². The van der Waals surface area contributed by atoms with E-state index in [1.807, 2.05) is 19.1 Å². The molecule has 1 aliphatic rings. The number of nitrogens with one attached hydrogen (secondary N) is 1. The molecule has 1 unspecified atom stereocenters. The lowest BCUT2D eigenvalue weighted by Gasteiger charge is -2.29. The van der Waals surface area contributed by atoms with Crippen LogP contribution in [0.2, 0.25) is 0 Å². The molecule has 1 amide bonds. The Balaban J connectivity index is 0.00000196. The molecule has 3 atom stereocenters. The molecule has 154 valence electrons. The quantitative estimate of drug-likeness (QED) is 0.647. The van der Waals surface area contributed by atoms with Gasteiger partial charge in [0.2, 0.25) is 5.88 Å². The zero-order valence-electron chi connectivity index (χ0n) is 15.4. The SMILES string of the molecule is Cc1cccc(OCC2(CNC(=O)c3cccnc3)C[C@@H](O)[C@@H](O)C2)n1.Cl.Cl. The topological polar surface area (TPSA) is 105 Å². The Kier molecular flexibility index (Phi) is 9.10. The molecule has 3 N–H and O–H groups in total. The second kappa shape index (κ2) is 10.6. The third-order valence-corrected chi connectivity index (χ3v) is 4.67. The summed E-state index contributed by atoms with van der Waals surface area (Å²) in [5.41, 5.74) is 0.734. The van der Waals surface area contributed by atoms with E-state index in [4.69, 9.17) is 4.74 Å². The number of hydrogen-bond donors (Lipinski definition) is 3. The van der Waals surface area contributed by atoms with Crippen molar-refractivity contribution in [2.75, 3.05) is 13.2 Å². The van der Waals surface area contributed by atoms with Gasteiger partial charge in [-0.05, 0) is 38.0 Å². The number of amides is 1. The number of hydrogen-bond acceptors (Lipinski definition) is 6. The Morgan fingerprint density at radius 3 is 2.54 bits per heavy atom. The lowest BCUT2D eigenvalue weighted by atomic mass is 9.86. The van der Waals surface area contributed by atoms with Crippen molar-refractivity contribution in [1.82, 2.24) is 15.3 Å². The molecule has 2 heterocycles. The van der Waals surface area contributed by atoms with Gasteiger partial charge in [0, 0.05) is 36.1 Å². The van der Waals surface area contributed by atoms with E-state index in [0.717, 1.165) is 5.69 Å². The Hall–Kier alpha value is -1.93. The fourth-order valence-electron chi connectivity index (χ4n) is 3.25. The van der Waals surface area contributed by atoms with Crippen molar-refractivity contribution in [2.45, 2.75) is 32.0 Å². The second-order valence-corrected chi connectivity index (χ2v) is 6.87. The molecule has 1 fully saturated rings. The Bertz CT molecular complexity index is 754. The van der Waals surface area contributed by atoms with E-state index >= 15 is 0 Å². The van der Waals surface area contributed by atoms with Crippen LogP contribution in [0.25, 0.3) is 0 Å². The van der Waals surface area contributed by atoms with Crippen LogP contribution in [-0.2, 0) is 0 Å². The predicted molar refractivity (Wildman–Crippen MR) is 109 cm³/mol. The standard InChI is InChI=1S/C19H23N3O4.2ClH/c1-13-4-2-6-17(22-13)26-12-19(8-15(23)16(24)9-19)11-21-18(25)14-5-3-7-20-10-14;;/h2-7,10,15-16,23-24H,8-9,11-12H2,1H3,(H,21,25);2*1H/t15-,16+,19?;;. The minimum absolute atomic E-state index is 0. The van der Waals surface area contributed by atoms with Crippen molar-refractivity contribution in [3.05, 3.63) is 54.0 Å². The average molecular weight is 430 g/mol. The third kappa shape index (κ3) is 6.04. The molecule has 1 aliphatic carbocycles. The van der Waals surface area contributed by atoms with Gasteiger partial charge < -0.3 is 20.3 Å². The number of rotatable bonds is 6. The zero-order chi connectivity index (χ0) is 18.6. The van der Waals surface area contributed by atoms with Gasteiger partial charge in [-0.1, -0.05) is 6.07 Å². The minimum atomic E-state index is -0.834. The van der Waals surface area contributed by atoms with Gasteiger partial charge in [0.05, 0.1) is 24.4 Å². The third-order valence-electron chi connectivity index (χ3n) is 4.67. The smallest absolute Gasteiger partial charge is 0.252 e. The van der Waals surface area contributed by atoms with Crippen molar-refractivity contribution in [3.8, 4) is 5.88 Å². The van der Waals surface area contributed by atoms with E-state index in [-0.39, 0.29) is 43.9 Å². The number of aliphatic hydroxyl groups excluding tert-OH is 2. The molecule has 2 aromatic rings. The zero-order valence-corrected chi connectivity index (χ0v) is 17.1. The van der Waals surface area contributed by atoms with Gasteiger partial charge in [0.15, 0.2) is 0 Å². The van der Waals surface area contributed by atoms with E-state index in [9.17, 15) is 15.0 Å². The Labute approximate surface area is 176 Å². The van der Waals surface area contributed by atoms with Crippen molar-refractivity contribution >= 4 is 30.7 Å². The highest BCUT2D eigenvalue weighted by Crippen LogP contribution is 2.38. The number of pyridine rings is 2. The molecule has 0 aliphatic heterocycles. The summed E-state index contributed by atoms with van der Waals surface area (Å²) >= 11 is 0. The van der Waals surface area contributed by atoms with Crippen molar-refractivity contribution in [3.63, 3.8) is 0 Å². The first kappa shape index (κ1) is 24.1. The van der Waals surface area contributed by atoms with Crippen LogP contribution in [-0.4, -0.2) is 51.4 Å². The van der Waals surface area contributed by atoms with E-state index in [1.165, 1.54) is 6.20 Å². The molecule has 0 radical (unpaired) electrons. The molecule has 1 saturated carbocycles. The Morgan fingerprint density at radius 2 is 1.93 bits per heavy atom. The van der Waals surface area contributed by atoms with Crippen LogP contribution in [0.1, 0.15) is 28.9 Å². The van der Waals surface area contributed by atoms with Crippen molar-refractivity contribution in [1.29, 1.82) is 0 Å². The first-order valence-corrected chi connectivity index (χ1v) is 8.58. The van der Waals surface area contributed by atoms with Crippen LogP contribution in [0.4, 0.5) is 0 Å². The molecular weight excluding hydrogens is 405 g/mol. The summed E-state index contributed by atoms with van der Waals surface area (Å²) in [4.78, 5) is 20.5. The number of carbonyl (C=O) groups excluding carboxylic acids is 1. The van der Waals surface area contributed by atoms with Gasteiger partial charge in [0.25, 0.3) is 5.91 Å². The maximum atomic E-state index is 12.3. The minimum Gasteiger partial charge on any atom is -0.477 e. The molecule has 7 nitrogen and oxygen atoms in total. The molecule has 0 aromatic carbocycles. The highest BCUT2D eigenvalue weighted by Gasteiger charge is 2.45. The van der Waals surface area contributed by atoms with E-state index in [1.54, 1.807) is 24.4 Å². The fourth-order valence-corrected chi connectivity index (χ4v) is 3.25. The summed E-state index contributed by atoms with van der Waals surface area (Å²) in [5, 5.41) is 22.9. The first-order valence-electron chi connectivity index (χ1n) is 8.58. The summed E-state index contributed by atoms with van der Waals surface area (Å²) in [6, 6.07) is 8.87. The second-order valence-electron chi connectivity index (χ2n) is 6.87. The number of ether oxygens (including phenoxy) is 1. The molecule has 0 saturated heterocycles. The van der Waals surface area contributed by atoms with E-state index < -0.39 is 17.6 Å². The fraction of sp³-hybridized carbons (Fsp3) is 0.421. The number of aryl methyl sites for hydroxylation is 1. The number of carbonyl (C=O) groups is 1. The number of nitrogens with zero attached hydrogens (tertiary/aromatic N) is 2. The first-order chi connectivity index (χ1) is 12.5. The normalized spacial score (nSPS) is 23.2. The number of aromatic nitrogens is 2. The predicted octanol–water partition coefficient (Wildman–Crippen LogP) is 1.94. The van der Waals surface area contributed by atoms with Gasteiger partial charge in [-0.2, -0.15) is 0 Å². The molecule has 3 rings (SSSR count). The molecule has 9 heteroatoms. The van der Waals surface area contributed by atoms with Crippen LogP contribution in [0.5, 0.6) is 5.88 Å². The maximum absolute atomic E-state index is 12.3. The summed E-state index contributed by atoms with van der Waals surface area (Å²) in [7, 11) is 0. The highest BCUT2D eigenvalue weighted by atomic mass is 35.5. The van der Waals surface area contributed by atoms with Gasteiger partial charge in [-0.3, -0.25) is 9.78 Å². The van der Waals surface area contributed by atoms with Crippen LogP contribution >= 0.6 is 24.8 Å². The summed E-state index contributed by atoms with van der Waals surface area (Å²) in [6.07, 6.45) is 2.11. The Morgan fingerprint density at radius 1 is 1.21 bits per heavy atom. The maximum Gasteiger partial charge on any atom is 0.252 e. The lowest BCUT2D eigenvalue weighted by Crippen LogP contribution is -2.40. The number of halogens is 2. The van der Waals surface area contributed by atoms with Crippen LogP contribution in [0, 0.1) is 12.3 Å². The summed E-state index contributed by atoms with van der Waals surface area (Å²) in [6.45, 7) is 2.39. The van der Waals surface area contributed by atoms with Crippen LogP contribution in [0.15, 0.2) is 42.7 Å². The molecular formula is C19H25Cl2N3O4.